The van der Waals surface area contributed by atoms with Crippen LogP contribution in [0.1, 0.15) is 22.2 Å². The van der Waals surface area contributed by atoms with E-state index in [2.05, 4.69) is 0 Å². The first kappa shape index (κ1) is 19.0. The Labute approximate surface area is 146 Å². The number of carbonyl (C=O) groups excluding carboxylic acids is 1. The molecule has 0 fully saturated rings. The fourth-order valence-electron chi connectivity index (χ4n) is 2.04. The van der Waals surface area contributed by atoms with Crippen LogP contribution in [0.15, 0.2) is 30.3 Å². The third kappa shape index (κ3) is 4.02. The summed E-state index contributed by atoms with van der Waals surface area (Å²) in [6.45, 7) is 4.40. The Morgan fingerprint density at radius 3 is 2.68 bits per heavy atom. The van der Waals surface area contributed by atoms with Crippen LogP contribution in [0.4, 0.5) is 0 Å². The smallest absolute Gasteiger partial charge is 0.263 e. The van der Waals surface area contributed by atoms with Crippen molar-refractivity contribution >= 4 is 41.3 Å². The highest BCUT2D eigenvalue weighted by Crippen LogP contribution is 2.34. The summed E-state index contributed by atoms with van der Waals surface area (Å²) < 4.78 is 0. The van der Waals surface area contributed by atoms with Crippen LogP contribution in [0, 0.1) is 6.92 Å². The van der Waals surface area contributed by atoms with Crippen LogP contribution < -0.4 is 5.73 Å². The molecule has 22 heavy (non-hydrogen) atoms. The quantitative estimate of drug-likeness (QED) is 0.889. The normalized spacial score (nSPS) is 11.7. The van der Waals surface area contributed by atoms with Crippen LogP contribution in [0.2, 0.25) is 5.02 Å². The van der Waals surface area contributed by atoms with E-state index in [1.54, 1.807) is 11.9 Å². The van der Waals surface area contributed by atoms with Gasteiger partial charge in [-0.3, -0.25) is 4.79 Å². The molecular weight excluding hydrogens is 339 g/mol. The van der Waals surface area contributed by atoms with Gasteiger partial charge in [0.2, 0.25) is 0 Å². The summed E-state index contributed by atoms with van der Waals surface area (Å²) in [6.07, 6.45) is 0. The van der Waals surface area contributed by atoms with Gasteiger partial charge in [0, 0.05) is 29.5 Å². The van der Waals surface area contributed by atoms with Crippen LogP contribution in [0.5, 0.6) is 0 Å². The van der Waals surface area contributed by atoms with E-state index in [-0.39, 0.29) is 24.4 Å². The molecule has 0 saturated carbocycles. The molecule has 1 amide bonds. The molecule has 1 unspecified atom stereocenters. The predicted octanol–water partition coefficient (Wildman–Crippen LogP) is 4.22. The highest BCUT2D eigenvalue weighted by Gasteiger charge is 2.20. The topological polar surface area (TPSA) is 46.3 Å². The number of hydrogen-bond donors (Lipinski definition) is 1. The zero-order chi connectivity index (χ0) is 15.6. The predicted molar refractivity (Wildman–Crippen MR) is 97.4 cm³/mol. The minimum Gasteiger partial charge on any atom is -0.337 e. The Hall–Kier alpha value is -1.07. The molecule has 0 saturated heterocycles. The standard InChI is InChI=1S/C16H19ClN2OS.ClH/c1-10-7-14(16(20)19(3)11(2)9-18)21-15(10)12-5-4-6-13(17)8-12;/h4-8,11H,9,18H2,1-3H3;1H. The van der Waals surface area contributed by atoms with Crippen molar-refractivity contribution in [2.45, 2.75) is 19.9 Å². The van der Waals surface area contributed by atoms with Crippen LogP contribution >= 0.6 is 35.3 Å². The Bertz CT molecular complexity index is 657. The molecule has 0 radical (unpaired) electrons. The van der Waals surface area contributed by atoms with E-state index < -0.39 is 0 Å². The van der Waals surface area contributed by atoms with E-state index in [1.807, 2.05) is 44.2 Å². The van der Waals surface area contributed by atoms with E-state index in [9.17, 15) is 4.79 Å². The minimum atomic E-state index is 0. The fraction of sp³-hybridized carbons (Fsp3) is 0.312. The number of thiophene rings is 1. The molecule has 2 N–H and O–H groups in total. The monoisotopic (exact) mass is 358 g/mol. The van der Waals surface area contributed by atoms with Gasteiger partial charge in [-0.1, -0.05) is 23.7 Å². The lowest BCUT2D eigenvalue weighted by Crippen LogP contribution is -2.39. The van der Waals surface area contributed by atoms with Crippen molar-refractivity contribution in [1.82, 2.24) is 4.90 Å². The number of carbonyl (C=O) groups is 1. The molecule has 0 aliphatic carbocycles. The maximum atomic E-state index is 12.5. The first-order valence-electron chi connectivity index (χ1n) is 6.77. The Morgan fingerprint density at radius 1 is 1.41 bits per heavy atom. The molecule has 0 bridgehead atoms. The summed E-state index contributed by atoms with van der Waals surface area (Å²) in [4.78, 5) is 16.0. The Balaban J connectivity index is 0.00000242. The number of benzene rings is 1. The molecule has 0 spiro atoms. The van der Waals surface area contributed by atoms with E-state index in [4.69, 9.17) is 17.3 Å². The third-order valence-electron chi connectivity index (χ3n) is 3.54. The molecule has 1 heterocycles. The van der Waals surface area contributed by atoms with E-state index >= 15 is 0 Å². The van der Waals surface area contributed by atoms with Crippen molar-refractivity contribution in [1.29, 1.82) is 0 Å². The lowest BCUT2D eigenvalue weighted by Gasteiger charge is -2.22. The van der Waals surface area contributed by atoms with Gasteiger partial charge in [0.15, 0.2) is 0 Å². The zero-order valence-electron chi connectivity index (χ0n) is 12.8. The average molecular weight is 359 g/mol. The number of nitrogens with two attached hydrogens (primary N) is 1. The van der Waals surface area contributed by atoms with Crippen molar-refractivity contribution in [2.24, 2.45) is 5.73 Å². The molecule has 120 valence electrons. The number of rotatable bonds is 4. The van der Waals surface area contributed by atoms with Crippen LogP contribution in [-0.2, 0) is 0 Å². The average Bonchev–Trinajstić information content (AvgIpc) is 2.86. The van der Waals surface area contributed by atoms with Gasteiger partial charge in [0.1, 0.15) is 0 Å². The number of hydrogen-bond acceptors (Lipinski definition) is 3. The maximum absolute atomic E-state index is 12.5. The second kappa shape index (κ2) is 7.97. The number of amides is 1. The van der Waals surface area contributed by atoms with Crippen molar-refractivity contribution in [3.8, 4) is 10.4 Å². The van der Waals surface area contributed by atoms with E-state index in [0.717, 1.165) is 20.9 Å². The molecule has 1 aromatic heterocycles. The summed E-state index contributed by atoms with van der Waals surface area (Å²) in [7, 11) is 1.79. The highest BCUT2D eigenvalue weighted by molar-refractivity contribution is 7.17. The Kier molecular flexibility index (Phi) is 6.88. The summed E-state index contributed by atoms with van der Waals surface area (Å²) in [5.74, 6) is 0.00864. The van der Waals surface area contributed by atoms with Crippen LogP contribution in [0.25, 0.3) is 10.4 Å². The van der Waals surface area contributed by atoms with E-state index in [1.165, 1.54) is 11.3 Å². The van der Waals surface area contributed by atoms with Gasteiger partial charge < -0.3 is 10.6 Å². The number of halogens is 2. The fourth-order valence-corrected chi connectivity index (χ4v) is 3.38. The van der Waals surface area contributed by atoms with Gasteiger partial charge in [0.25, 0.3) is 5.91 Å². The van der Waals surface area contributed by atoms with Crippen molar-refractivity contribution in [3.63, 3.8) is 0 Å². The number of aryl methyl sites for hydroxylation is 1. The highest BCUT2D eigenvalue weighted by atomic mass is 35.5. The van der Waals surface area contributed by atoms with E-state index in [0.29, 0.717) is 11.6 Å². The van der Waals surface area contributed by atoms with Gasteiger partial charge in [-0.25, -0.2) is 0 Å². The van der Waals surface area contributed by atoms with Gasteiger partial charge in [0.05, 0.1) is 4.88 Å². The first-order chi connectivity index (χ1) is 9.93. The lowest BCUT2D eigenvalue weighted by atomic mass is 10.1. The van der Waals surface area contributed by atoms with Crippen molar-refractivity contribution < 1.29 is 4.79 Å². The first-order valence-corrected chi connectivity index (χ1v) is 7.97. The second-order valence-corrected chi connectivity index (χ2v) is 6.62. The molecule has 6 heteroatoms. The SMILES string of the molecule is Cc1cc(C(=O)N(C)C(C)CN)sc1-c1cccc(Cl)c1.Cl. The molecule has 3 nitrogen and oxygen atoms in total. The van der Waals surface area contributed by atoms with Gasteiger partial charge in [-0.2, -0.15) is 0 Å². The lowest BCUT2D eigenvalue weighted by molar-refractivity contribution is 0.0753. The molecular formula is C16H20Cl2N2OS. The summed E-state index contributed by atoms with van der Waals surface area (Å²) >= 11 is 7.54. The minimum absolute atomic E-state index is 0. The van der Waals surface area contributed by atoms with Crippen molar-refractivity contribution in [2.75, 3.05) is 13.6 Å². The molecule has 1 aromatic carbocycles. The van der Waals surface area contributed by atoms with Crippen LogP contribution in [-0.4, -0.2) is 30.4 Å². The summed E-state index contributed by atoms with van der Waals surface area (Å²) in [6, 6.07) is 9.64. The third-order valence-corrected chi connectivity index (χ3v) is 5.05. The van der Waals surface area contributed by atoms with Crippen molar-refractivity contribution in [3.05, 3.63) is 45.8 Å². The summed E-state index contributed by atoms with van der Waals surface area (Å²) in [5.41, 5.74) is 7.75. The maximum Gasteiger partial charge on any atom is 0.263 e. The molecule has 2 aromatic rings. The molecule has 2 rings (SSSR count). The second-order valence-electron chi connectivity index (χ2n) is 5.13. The number of nitrogens with zero attached hydrogens (tertiary/aromatic N) is 1. The van der Waals surface area contributed by atoms with Gasteiger partial charge >= 0.3 is 0 Å². The number of likely N-dealkylation sites (N-methyl/N-ethyl adjacent to an activating group) is 1. The summed E-state index contributed by atoms with van der Waals surface area (Å²) in [5, 5.41) is 0.696. The molecule has 0 aliphatic rings. The van der Waals surface area contributed by atoms with Crippen LogP contribution in [0.3, 0.4) is 0 Å². The zero-order valence-corrected chi connectivity index (χ0v) is 15.2. The largest absolute Gasteiger partial charge is 0.337 e. The van der Waals surface area contributed by atoms with Gasteiger partial charge in [-0.05, 0) is 43.2 Å². The van der Waals surface area contributed by atoms with Gasteiger partial charge in [-0.15, -0.1) is 23.7 Å². The molecule has 0 aliphatic heterocycles. The Morgan fingerprint density at radius 2 is 2.09 bits per heavy atom. The molecule has 1 atom stereocenters.